The third kappa shape index (κ3) is 3.63. The third-order valence-electron chi connectivity index (χ3n) is 5.56. The summed E-state index contributed by atoms with van der Waals surface area (Å²) in [7, 11) is 1.43. The Labute approximate surface area is 158 Å². The van der Waals surface area contributed by atoms with Crippen molar-refractivity contribution >= 4 is 34.5 Å². The zero-order chi connectivity index (χ0) is 18.0. The molecule has 1 unspecified atom stereocenters. The topological polar surface area (TPSA) is 57.2 Å². The largest absolute Gasteiger partial charge is 0.479 e. The van der Waals surface area contributed by atoms with Crippen LogP contribution in [0.2, 0.25) is 0 Å². The van der Waals surface area contributed by atoms with Gasteiger partial charge in [-0.15, -0.1) is 0 Å². The number of fused-ring (bicyclic) bond motifs is 1. The maximum atomic E-state index is 12.5. The molecule has 0 aromatic rings. The number of rotatable bonds is 2. The first-order chi connectivity index (χ1) is 12.0. The molecular weight excluding hydrogens is 362 g/mol. The summed E-state index contributed by atoms with van der Waals surface area (Å²) in [6, 6.07) is -0.0529. The normalized spacial score (nSPS) is 33.8. The van der Waals surface area contributed by atoms with Crippen LogP contribution in [0, 0.1) is 5.92 Å². The van der Waals surface area contributed by atoms with E-state index in [4.69, 9.17) is 31.2 Å². The van der Waals surface area contributed by atoms with Crippen molar-refractivity contribution in [2.45, 2.75) is 62.7 Å². The van der Waals surface area contributed by atoms with Crippen LogP contribution in [0.25, 0.3) is 0 Å². The summed E-state index contributed by atoms with van der Waals surface area (Å²) in [6.07, 6.45) is 3.55. The minimum atomic E-state index is -0.737. The first-order valence-electron chi connectivity index (χ1n) is 9.00. The second kappa shape index (κ2) is 7.98. The number of carbonyl (C=O) groups is 1. The zero-order valence-corrected chi connectivity index (χ0v) is 16.7. The van der Waals surface area contributed by atoms with Gasteiger partial charge < -0.3 is 18.9 Å². The number of likely N-dealkylation sites (tertiary alicyclic amines) is 1. The Hall–Kier alpha value is -0.570. The van der Waals surface area contributed by atoms with Crippen molar-refractivity contribution in [1.29, 1.82) is 0 Å². The zero-order valence-electron chi connectivity index (χ0n) is 15.1. The van der Waals surface area contributed by atoms with Crippen LogP contribution >= 0.6 is 24.0 Å². The highest BCUT2D eigenvalue weighted by atomic mass is 32.2. The van der Waals surface area contributed by atoms with Crippen molar-refractivity contribution < 1.29 is 23.7 Å². The van der Waals surface area contributed by atoms with E-state index in [-0.39, 0.29) is 24.1 Å². The molecule has 0 radical (unpaired) electrons. The predicted molar refractivity (Wildman–Crippen MR) is 99.7 cm³/mol. The molecule has 3 fully saturated rings. The monoisotopic (exact) mass is 389 g/mol. The highest BCUT2D eigenvalue weighted by Crippen LogP contribution is 2.49. The molecule has 2 aliphatic heterocycles. The Balaban J connectivity index is 1.86. The van der Waals surface area contributed by atoms with Gasteiger partial charge in [-0.25, -0.2) is 4.79 Å². The van der Waals surface area contributed by atoms with Crippen LogP contribution in [0.15, 0.2) is 0 Å². The second-order valence-electron chi connectivity index (χ2n) is 6.77. The Kier molecular flexibility index (Phi) is 6.13. The van der Waals surface area contributed by atoms with Gasteiger partial charge in [-0.1, -0.05) is 18.2 Å². The molecular formula is C17H27NO5S2. The number of piperidine rings is 1. The lowest BCUT2D eigenvalue weighted by atomic mass is 9.73. The molecule has 142 valence electrons. The maximum Gasteiger partial charge on any atom is 0.410 e. The van der Waals surface area contributed by atoms with E-state index in [9.17, 15) is 4.79 Å². The number of methoxy groups -OCH3 is 1. The van der Waals surface area contributed by atoms with Crippen LogP contribution in [0.5, 0.6) is 0 Å². The quantitative estimate of drug-likeness (QED) is 0.672. The molecule has 1 spiro atoms. The summed E-state index contributed by atoms with van der Waals surface area (Å²) in [5.41, 5.74) is 0. The van der Waals surface area contributed by atoms with Crippen molar-refractivity contribution in [3.05, 3.63) is 0 Å². The van der Waals surface area contributed by atoms with E-state index in [1.54, 1.807) is 11.8 Å². The Bertz CT molecular complexity index is 511. The van der Waals surface area contributed by atoms with Crippen molar-refractivity contribution in [2.75, 3.05) is 26.9 Å². The van der Waals surface area contributed by atoms with Gasteiger partial charge in [-0.2, -0.15) is 0 Å². The number of carbonyl (C=O) groups excluding carboxylic acids is 1. The van der Waals surface area contributed by atoms with Gasteiger partial charge in [0, 0.05) is 17.7 Å². The van der Waals surface area contributed by atoms with E-state index in [2.05, 4.69) is 0 Å². The number of nitrogens with zero attached hydrogens (tertiary/aromatic N) is 1. The molecule has 0 N–H and O–H groups in total. The lowest BCUT2D eigenvalue weighted by Gasteiger charge is -2.55. The molecule has 4 atom stereocenters. The third-order valence-corrected chi connectivity index (χ3v) is 7.17. The second-order valence-corrected chi connectivity index (χ2v) is 8.61. The van der Waals surface area contributed by atoms with Gasteiger partial charge >= 0.3 is 6.09 Å². The minimum absolute atomic E-state index is 0.122. The van der Waals surface area contributed by atoms with E-state index in [0.717, 1.165) is 25.7 Å². The fourth-order valence-electron chi connectivity index (χ4n) is 4.47. The number of amides is 1. The smallest absolute Gasteiger partial charge is 0.410 e. The number of thiocarbonyl (C=S) groups is 1. The van der Waals surface area contributed by atoms with E-state index in [1.807, 2.05) is 18.7 Å². The molecule has 1 aliphatic carbocycles. The minimum Gasteiger partial charge on any atom is -0.479 e. The highest BCUT2D eigenvalue weighted by Gasteiger charge is 2.57. The van der Waals surface area contributed by atoms with Crippen LogP contribution in [-0.2, 0) is 18.9 Å². The van der Waals surface area contributed by atoms with E-state index in [0.29, 0.717) is 29.5 Å². The lowest BCUT2D eigenvalue weighted by Crippen LogP contribution is -2.66. The molecule has 1 amide bonds. The van der Waals surface area contributed by atoms with Crippen molar-refractivity contribution in [3.8, 4) is 0 Å². The molecule has 3 aliphatic rings. The molecule has 3 rings (SSSR count). The lowest BCUT2D eigenvalue weighted by molar-refractivity contribution is -0.236. The summed E-state index contributed by atoms with van der Waals surface area (Å²) in [5, 5.41) is 0.294. The molecule has 6 nitrogen and oxygen atoms in total. The van der Waals surface area contributed by atoms with Crippen molar-refractivity contribution in [3.63, 3.8) is 0 Å². The summed E-state index contributed by atoms with van der Waals surface area (Å²) in [5.74, 6) is -0.496. The molecule has 0 aromatic heterocycles. The van der Waals surface area contributed by atoms with Gasteiger partial charge in [0.2, 0.25) is 4.38 Å². The number of thioether (sulfide) groups is 1. The molecule has 8 heteroatoms. The summed E-state index contributed by atoms with van der Waals surface area (Å²) in [6.45, 7) is 5.64. The average molecular weight is 390 g/mol. The van der Waals surface area contributed by atoms with Gasteiger partial charge in [-0.3, -0.25) is 4.90 Å². The maximum absolute atomic E-state index is 12.5. The predicted octanol–water partition coefficient (Wildman–Crippen LogP) is 3.18. The first kappa shape index (κ1) is 19.2. The molecule has 25 heavy (non-hydrogen) atoms. The summed E-state index contributed by atoms with van der Waals surface area (Å²) in [4.78, 5) is 14.4. The first-order valence-corrected chi connectivity index (χ1v) is 10.3. The molecule has 0 bridgehead atoms. The van der Waals surface area contributed by atoms with Crippen LogP contribution in [0.1, 0.15) is 39.5 Å². The van der Waals surface area contributed by atoms with Gasteiger partial charge in [-0.05, 0) is 44.8 Å². The van der Waals surface area contributed by atoms with Gasteiger partial charge in [0.15, 0.2) is 5.79 Å². The van der Waals surface area contributed by atoms with Crippen LogP contribution < -0.4 is 0 Å². The van der Waals surface area contributed by atoms with E-state index < -0.39 is 5.79 Å². The van der Waals surface area contributed by atoms with Crippen molar-refractivity contribution in [2.24, 2.45) is 5.92 Å². The Morgan fingerprint density at radius 3 is 2.72 bits per heavy atom. The summed E-state index contributed by atoms with van der Waals surface area (Å²) < 4.78 is 23.2. The average Bonchev–Trinajstić information content (AvgIpc) is 3.06. The fourth-order valence-corrected chi connectivity index (χ4v) is 6.12. The SMILES string of the molecule is CCOC(=S)SC1CCC[C@@H]2[C@H]1CC1(OCCO1)[C@H](C)N2C(=O)OC. The molecule has 2 saturated heterocycles. The van der Waals surface area contributed by atoms with E-state index >= 15 is 0 Å². The Morgan fingerprint density at radius 2 is 2.08 bits per heavy atom. The van der Waals surface area contributed by atoms with Crippen LogP contribution in [0.4, 0.5) is 4.79 Å². The van der Waals surface area contributed by atoms with Crippen LogP contribution in [0.3, 0.4) is 0 Å². The van der Waals surface area contributed by atoms with E-state index in [1.165, 1.54) is 7.11 Å². The molecule has 0 aromatic carbocycles. The number of hydrogen-bond donors (Lipinski definition) is 0. The van der Waals surface area contributed by atoms with Crippen molar-refractivity contribution in [1.82, 2.24) is 4.90 Å². The standard InChI is InChI=1S/C17H27NO5S2/c1-4-21-16(24)25-14-7-5-6-13-12(14)10-17(22-8-9-23-17)11(2)18(13)15(19)20-3/h11-14H,4-10H2,1-3H3/t11-,12+,13+,14?/m0/s1. The van der Waals surface area contributed by atoms with Gasteiger partial charge in [0.1, 0.15) is 0 Å². The van der Waals surface area contributed by atoms with Gasteiger partial charge in [0.05, 0.1) is 33.0 Å². The highest BCUT2D eigenvalue weighted by molar-refractivity contribution is 8.23. The van der Waals surface area contributed by atoms with Gasteiger partial charge in [0.25, 0.3) is 0 Å². The van der Waals surface area contributed by atoms with Crippen LogP contribution in [-0.4, -0.2) is 65.4 Å². The fraction of sp³-hybridized carbons (Fsp3) is 0.882. The Morgan fingerprint density at radius 1 is 1.36 bits per heavy atom. The molecule has 1 saturated carbocycles. The summed E-state index contributed by atoms with van der Waals surface area (Å²) >= 11 is 6.97. The number of ether oxygens (including phenoxy) is 4. The number of hydrogen-bond acceptors (Lipinski definition) is 7. The molecule has 2 heterocycles.